The molecular formula is C21H31ClN4O4S. The number of piperidine rings is 1. The number of halogens is 1. The maximum absolute atomic E-state index is 11.9. The Labute approximate surface area is 189 Å². The lowest BCUT2D eigenvalue weighted by Crippen LogP contribution is -2.47. The fourth-order valence-electron chi connectivity index (χ4n) is 5.14. The van der Waals surface area contributed by atoms with Gasteiger partial charge in [-0.25, -0.2) is 17.5 Å². The summed E-state index contributed by atoms with van der Waals surface area (Å²) in [5, 5.41) is 9.87. The average molecular weight is 471 g/mol. The molecule has 0 bridgehead atoms. The van der Waals surface area contributed by atoms with Crippen LogP contribution in [-0.2, 0) is 16.6 Å². The molecule has 4 rings (SSSR count). The van der Waals surface area contributed by atoms with Crippen molar-refractivity contribution in [3.05, 3.63) is 28.8 Å². The van der Waals surface area contributed by atoms with E-state index >= 15 is 0 Å². The van der Waals surface area contributed by atoms with Crippen LogP contribution in [0, 0.1) is 5.41 Å². The van der Waals surface area contributed by atoms with Gasteiger partial charge in [-0.2, -0.15) is 0 Å². The van der Waals surface area contributed by atoms with Gasteiger partial charge in [0.05, 0.1) is 6.26 Å². The number of anilines is 1. The molecule has 1 aromatic carbocycles. The fraction of sp³-hybridized carbons (Fsp3) is 0.667. The number of rotatable bonds is 4. The van der Waals surface area contributed by atoms with Gasteiger partial charge in [-0.3, -0.25) is 4.90 Å². The van der Waals surface area contributed by atoms with Crippen LogP contribution in [0.5, 0.6) is 0 Å². The Balaban J connectivity index is 1.43. The summed E-state index contributed by atoms with van der Waals surface area (Å²) in [5.74, 6) is 0. The Hall–Kier alpha value is -1.55. The van der Waals surface area contributed by atoms with Gasteiger partial charge in [0.2, 0.25) is 10.0 Å². The number of hydrogen-bond acceptors (Lipinski definition) is 5. The summed E-state index contributed by atoms with van der Waals surface area (Å²) in [4.78, 5) is 17.3. The molecule has 0 saturated carbocycles. The molecule has 3 fully saturated rings. The first-order valence-corrected chi connectivity index (χ1v) is 13.1. The van der Waals surface area contributed by atoms with Crippen molar-refractivity contribution < 1.29 is 18.3 Å². The largest absolute Gasteiger partial charge is 0.465 e. The first-order chi connectivity index (χ1) is 14.7. The number of benzene rings is 1. The summed E-state index contributed by atoms with van der Waals surface area (Å²) in [6.07, 6.45) is 3.29. The van der Waals surface area contributed by atoms with Gasteiger partial charge in [0, 0.05) is 69.6 Å². The van der Waals surface area contributed by atoms with Gasteiger partial charge in [-0.1, -0.05) is 17.7 Å². The molecule has 3 aliphatic rings. The van der Waals surface area contributed by atoms with Gasteiger partial charge in [0.15, 0.2) is 0 Å². The van der Waals surface area contributed by atoms with Crippen LogP contribution in [-0.4, -0.2) is 92.3 Å². The first-order valence-electron chi connectivity index (χ1n) is 10.8. The van der Waals surface area contributed by atoms with Crippen molar-refractivity contribution in [1.82, 2.24) is 14.1 Å². The summed E-state index contributed by atoms with van der Waals surface area (Å²) in [6, 6.07) is 6.04. The quantitative estimate of drug-likeness (QED) is 0.727. The number of amides is 1. The molecule has 1 spiro atoms. The van der Waals surface area contributed by atoms with E-state index in [-0.39, 0.29) is 5.41 Å². The van der Waals surface area contributed by atoms with Crippen molar-refractivity contribution in [2.45, 2.75) is 25.8 Å². The summed E-state index contributed by atoms with van der Waals surface area (Å²) in [5.41, 5.74) is 2.52. The van der Waals surface area contributed by atoms with Crippen molar-refractivity contribution in [2.24, 2.45) is 5.41 Å². The van der Waals surface area contributed by atoms with Gasteiger partial charge in [-0.05, 0) is 42.4 Å². The molecule has 1 amide bonds. The predicted molar refractivity (Wildman–Crippen MR) is 121 cm³/mol. The zero-order valence-electron chi connectivity index (χ0n) is 18.0. The van der Waals surface area contributed by atoms with Crippen LogP contribution in [0.4, 0.5) is 10.5 Å². The van der Waals surface area contributed by atoms with Crippen molar-refractivity contribution in [3.8, 4) is 0 Å². The molecule has 3 heterocycles. The number of carboxylic acid groups (broad SMARTS) is 1. The lowest BCUT2D eigenvalue weighted by Gasteiger charge is -2.38. The van der Waals surface area contributed by atoms with Crippen molar-refractivity contribution in [1.29, 1.82) is 0 Å². The molecule has 3 saturated heterocycles. The van der Waals surface area contributed by atoms with Crippen LogP contribution in [0.2, 0.25) is 5.02 Å². The molecule has 1 N–H and O–H groups in total. The maximum atomic E-state index is 11.9. The van der Waals surface area contributed by atoms with E-state index in [0.29, 0.717) is 31.2 Å². The molecule has 31 heavy (non-hydrogen) atoms. The highest BCUT2D eigenvalue weighted by atomic mass is 35.5. The summed E-state index contributed by atoms with van der Waals surface area (Å²) in [7, 11) is -3.12. The minimum atomic E-state index is -3.12. The van der Waals surface area contributed by atoms with E-state index in [1.807, 2.05) is 12.1 Å². The minimum Gasteiger partial charge on any atom is -0.465 e. The predicted octanol–water partition coefficient (Wildman–Crippen LogP) is 2.39. The van der Waals surface area contributed by atoms with Crippen LogP contribution >= 0.6 is 11.6 Å². The Morgan fingerprint density at radius 3 is 2.32 bits per heavy atom. The molecule has 3 aliphatic heterocycles. The third-order valence-corrected chi connectivity index (χ3v) is 8.65. The molecule has 0 unspecified atom stereocenters. The molecule has 0 aliphatic carbocycles. The highest BCUT2D eigenvalue weighted by molar-refractivity contribution is 7.88. The summed E-state index contributed by atoms with van der Waals surface area (Å²) < 4.78 is 25.3. The monoisotopic (exact) mass is 470 g/mol. The van der Waals surface area contributed by atoms with Crippen LogP contribution in [0.1, 0.15) is 24.8 Å². The third kappa shape index (κ3) is 5.10. The normalized spacial score (nSPS) is 22.9. The van der Waals surface area contributed by atoms with Crippen molar-refractivity contribution in [2.75, 3.05) is 63.5 Å². The SMILES string of the molecule is CS(=O)(=O)N1CCC2(CCN(c3cc(Cl)ccc3CN3CCN(C(=O)O)CC3)C2)CC1. The standard InChI is InChI=1S/C21H31ClN4O4S/c1-31(29,30)26-8-5-21(6-9-26)4-7-25(16-21)19-14-18(22)3-2-17(19)15-23-10-12-24(13-11-23)20(27)28/h2-3,14H,4-13,15-16H2,1H3,(H,27,28). The molecular weight excluding hydrogens is 440 g/mol. The van der Waals surface area contributed by atoms with Crippen molar-refractivity contribution in [3.63, 3.8) is 0 Å². The zero-order valence-corrected chi connectivity index (χ0v) is 19.5. The van der Waals surface area contributed by atoms with Crippen LogP contribution < -0.4 is 4.90 Å². The van der Waals surface area contributed by atoms with E-state index in [9.17, 15) is 13.2 Å². The van der Waals surface area contributed by atoms with E-state index in [0.717, 1.165) is 57.7 Å². The molecule has 8 nitrogen and oxygen atoms in total. The van der Waals surface area contributed by atoms with E-state index in [2.05, 4.69) is 15.9 Å². The number of hydrogen-bond donors (Lipinski definition) is 1. The highest BCUT2D eigenvalue weighted by Crippen LogP contribution is 2.43. The number of piperazine rings is 1. The van der Waals surface area contributed by atoms with Crippen LogP contribution in [0.3, 0.4) is 0 Å². The minimum absolute atomic E-state index is 0.161. The van der Waals surface area contributed by atoms with Gasteiger partial charge in [-0.15, -0.1) is 0 Å². The Morgan fingerprint density at radius 2 is 1.71 bits per heavy atom. The molecule has 0 radical (unpaired) electrons. The number of sulfonamides is 1. The van der Waals surface area contributed by atoms with E-state index < -0.39 is 16.1 Å². The van der Waals surface area contributed by atoms with E-state index in [4.69, 9.17) is 16.7 Å². The second-order valence-electron chi connectivity index (χ2n) is 9.15. The Bertz CT molecular complexity index is 925. The third-order valence-electron chi connectivity index (χ3n) is 7.12. The van der Waals surface area contributed by atoms with Gasteiger partial charge < -0.3 is 14.9 Å². The van der Waals surface area contributed by atoms with E-state index in [1.54, 1.807) is 4.31 Å². The molecule has 0 aromatic heterocycles. The lowest BCUT2D eigenvalue weighted by atomic mass is 9.78. The van der Waals surface area contributed by atoms with Gasteiger partial charge >= 0.3 is 6.09 Å². The second kappa shape index (κ2) is 8.77. The second-order valence-corrected chi connectivity index (χ2v) is 11.6. The average Bonchev–Trinajstić information content (AvgIpc) is 3.12. The molecule has 0 atom stereocenters. The van der Waals surface area contributed by atoms with Crippen LogP contribution in [0.25, 0.3) is 0 Å². The first kappa shape index (κ1) is 22.6. The van der Waals surface area contributed by atoms with Gasteiger partial charge in [0.1, 0.15) is 0 Å². The topological polar surface area (TPSA) is 84.4 Å². The highest BCUT2D eigenvalue weighted by Gasteiger charge is 2.42. The van der Waals surface area contributed by atoms with Crippen molar-refractivity contribution >= 4 is 33.4 Å². The zero-order chi connectivity index (χ0) is 22.2. The number of carbonyl (C=O) groups is 1. The van der Waals surface area contributed by atoms with Gasteiger partial charge in [0.25, 0.3) is 0 Å². The Morgan fingerprint density at radius 1 is 1.06 bits per heavy atom. The Kier molecular flexibility index (Phi) is 6.40. The summed E-state index contributed by atoms with van der Waals surface area (Å²) in [6.45, 7) is 6.34. The maximum Gasteiger partial charge on any atom is 0.407 e. The fourth-order valence-corrected chi connectivity index (χ4v) is 6.16. The lowest BCUT2D eigenvalue weighted by molar-refractivity contribution is 0.103. The molecule has 10 heteroatoms. The smallest absolute Gasteiger partial charge is 0.407 e. The molecule has 172 valence electrons. The number of nitrogens with zero attached hydrogens (tertiary/aromatic N) is 4. The summed E-state index contributed by atoms with van der Waals surface area (Å²) >= 11 is 6.35. The molecule has 1 aromatic rings. The van der Waals surface area contributed by atoms with E-state index in [1.165, 1.54) is 16.7 Å². The van der Waals surface area contributed by atoms with Crippen LogP contribution in [0.15, 0.2) is 18.2 Å².